The van der Waals surface area contributed by atoms with E-state index in [2.05, 4.69) is 25.7 Å². The molecule has 180 valence electrons. The third-order valence-electron chi connectivity index (χ3n) is 7.56. The van der Waals surface area contributed by atoms with Gasteiger partial charge < -0.3 is 15.5 Å². The number of benzene rings is 2. The third-order valence-corrected chi connectivity index (χ3v) is 7.56. The molecule has 0 radical (unpaired) electrons. The Hall–Kier alpha value is -2.93. The molecule has 1 saturated carbocycles. The minimum Gasteiger partial charge on any atom is -0.335 e. The maximum atomic E-state index is 13.2. The highest BCUT2D eigenvalue weighted by atomic mass is 19.1. The number of aromatic nitrogens is 2. The SMILES string of the molecule is O=C(Nc1ccc2[nH]ncc2c1)N[C@@H]1CCCC[C@H]1CN1CCC(Cc2ccc(F)cc2)CC1. The summed E-state index contributed by atoms with van der Waals surface area (Å²) >= 11 is 0. The lowest BCUT2D eigenvalue weighted by Crippen LogP contribution is -2.48. The first-order valence-electron chi connectivity index (χ1n) is 12.6. The van der Waals surface area contributed by atoms with Crippen molar-refractivity contribution in [3.8, 4) is 0 Å². The fourth-order valence-corrected chi connectivity index (χ4v) is 5.63. The predicted octanol–water partition coefficient (Wildman–Crippen LogP) is 5.34. The van der Waals surface area contributed by atoms with Crippen molar-refractivity contribution >= 4 is 22.6 Å². The highest BCUT2D eigenvalue weighted by Gasteiger charge is 2.29. The van der Waals surface area contributed by atoms with Crippen LogP contribution in [0.4, 0.5) is 14.9 Å². The summed E-state index contributed by atoms with van der Waals surface area (Å²) in [6.07, 6.45) is 9.77. The molecular formula is C27H34FN5O. The summed E-state index contributed by atoms with van der Waals surface area (Å²) in [6, 6.07) is 12.8. The summed E-state index contributed by atoms with van der Waals surface area (Å²) in [6.45, 7) is 3.26. The molecule has 3 N–H and O–H groups in total. The number of hydrogen-bond donors (Lipinski definition) is 3. The fraction of sp³-hybridized carbons (Fsp3) is 0.481. The number of anilines is 1. The van der Waals surface area contributed by atoms with E-state index in [1.807, 2.05) is 30.3 Å². The van der Waals surface area contributed by atoms with Gasteiger partial charge in [0.25, 0.3) is 0 Å². The molecule has 2 heterocycles. The first kappa shape index (κ1) is 22.8. The average Bonchev–Trinajstić information content (AvgIpc) is 3.31. The van der Waals surface area contributed by atoms with Gasteiger partial charge in [0, 0.05) is 23.7 Å². The molecule has 6 nitrogen and oxygen atoms in total. The zero-order valence-electron chi connectivity index (χ0n) is 19.6. The molecule has 1 aliphatic heterocycles. The van der Waals surface area contributed by atoms with Crippen LogP contribution in [0, 0.1) is 17.7 Å². The van der Waals surface area contributed by atoms with E-state index in [1.165, 1.54) is 37.7 Å². The van der Waals surface area contributed by atoms with E-state index in [4.69, 9.17) is 0 Å². The molecule has 2 aliphatic rings. The second kappa shape index (κ2) is 10.6. The van der Waals surface area contributed by atoms with E-state index in [0.29, 0.717) is 11.8 Å². The molecule has 0 spiro atoms. The summed E-state index contributed by atoms with van der Waals surface area (Å²) in [5, 5.41) is 14.2. The van der Waals surface area contributed by atoms with Gasteiger partial charge in [0.2, 0.25) is 0 Å². The topological polar surface area (TPSA) is 73.0 Å². The van der Waals surface area contributed by atoms with Crippen LogP contribution in [0.25, 0.3) is 10.9 Å². The van der Waals surface area contributed by atoms with Crippen LogP contribution in [-0.2, 0) is 6.42 Å². The predicted molar refractivity (Wildman–Crippen MR) is 133 cm³/mol. The number of likely N-dealkylation sites (tertiary alicyclic amines) is 1. The normalized spacial score (nSPS) is 22.0. The lowest BCUT2D eigenvalue weighted by Gasteiger charge is -2.39. The summed E-state index contributed by atoms with van der Waals surface area (Å²) in [4.78, 5) is 15.3. The van der Waals surface area contributed by atoms with Crippen LogP contribution in [0.2, 0.25) is 0 Å². The number of urea groups is 1. The Balaban J connectivity index is 1.10. The average molecular weight is 464 g/mol. The summed E-state index contributed by atoms with van der Waals surface area (Å²) in [5.41, 5.74) is 2.97. The lowest BCUT2D eigenvalue weighted by molar-refractivity contribution is 0.130. The van der Waals surface area contributed by atoms with Gasteiger partial charge in [-0.1, -0.05) is 25.0 Å². The number of amides is 2. The van der Waals surface area contributed by atoms with Crippen LogP contribution in [0.3, 0.4) is 0 Å². The molecule has 5 rings (SSSR count). The number of rotatable bonds is 6. The largest absolute Gasteiger partial charge is 0.335 e. The maximum absolute atomic E-state index is 13.2. The molecule has 1 aromatic heterocycles. The number of nitrogens with one attached hydrogen (secondary N) is 3. The van der Waals surface area contributed by atoms with Gasteiger partial charge in [-0.05, 0) is 92.9 Å². The number of halogens is 1. The van der Waals surface area contributed by atoms with E-state index >= 15 is 0 Å². The number of carbonyl (C=O) groups is 1. The Kier molecular flexibility index (Phi) is 7.09. The van der Waals surface area contributed by atoms with Crippen molar-refractivity contribution in [1.82, 2.24) is 20.4 Å². The molecule has 34 heavy (non-hydrogen) atoms. The van der Waals surface area contributed by atoms with E-state index in [-0.39, 0.29) is 17.9 Å². The first-order chi connectivity index (χ1) is 16.6. The summed E-state index contributed by atoms with van der Waals surface area (Å²) in [5.74, 6) is 0.992. The van der Waals surface area contributed by atoms with Crippen molar-refractivity contribution in [2.75, 3.05) is 25.0 Å². The molecule has 2 aromatic carbocycles. The van der Waals surface area contributed by atoms with Crippen molar-refractivity contribution < 1.29 is 9.18 Å². The monoisotopic (exact) mass is 463 g/mol. The van der Waals surface area contributed by atoms with Crippen LogP contribution < -0.4 is 10.6 Å². The van der Waals surface area contributed by atoms with Crippen molar-refractivity contribution in [1.29, 1.82) is 0 Å². The van der Waals surface area contributed by atoms with Gasteiger partial charge in [-0.2, -0.15) is 5.10 Å². The van der Waals surface area contributed by atoms with Crippen LogP contribution in [0.1, 0.15) is 44.1 Å². The minimum absolute atomic E-state index is 0.127. The van der Waals surface area contributed by atoms with Gasteiger partial charge in [0.1, 0.15) is 5.82 Å². The highest BCUT2D eigenvalue weighted by molar-refractivity contribution is 5.92. The van der Waals surface area contributed by atoms with E-state index in [1.54, 1.807) is 18.3 Å². The zero-order chi connectivity index (χ0) is 23.3. The molecule has 7 heteroatoms. The van der Waals surface area contributed by atoms with Gasteiger partial charge in [-0.25, -0.2) is 9.18 Å². The van der Waals surface area contributed by atoms with Gasteiger partial charge in [-0.15, -0.1) is 0 Å². The Morgan fingerprint density at radius 1 is 1.06 bits per heavy atom. The number of hydrogen-bond acceptors (Lipinski definition) is 3. The van der Waals surface area contributed by atoms with E-state index in [9.17, 15) is 9.18 Å². The molecule has 0 bridgehead atoms. The molecule has 1 aliphatic carbocycles. The Labute approximate surface area is 200 Å². The number of piperidine rings is 1. The number of aromatic amines is 1. The third kappa shape index (κ3) is 5.76. The van der Waals surface area contributed by atoms with Crippen molar-refractivity contribution in [2.24, 2.45) is 11.8 Å². The second-order valence-corrected chi connectivity index (χ2v) is 10.00. The van der Waals surface area contributed by atoms with Crippen LogP contribution >= 0.6 is 0 Å². The standard InChI is InChI=1S/C27H34FN5O/c28-23-7-5-19(6-8-23)15-20-11-13-33(14-12-20)18-21-3-1-2-4-25(21)31-27(34)30-24-9-10-26-22(16-24)17-29-32-26/h5-10,16-17,20-21,25H,1-4,11-15,18H2,(H,29,32)(H2,30,31,34)/t21-,25+/m0/s1. The molecular weight excluding hydrogens is 429 g/mol. The summed E-state index contributed by atoms with van der Waals surface area (Å²) in [7, 11) is 0. The van der Waals surface area contributed by atoms with Crippen LogP contribution in [0.15, 0.2) is 48.7 Å². The molecule has 3 aromatic rings. The van der Waals surface area contributed by atoms with Crippen LogP contribution in [0.5, 0.6) is 0 Å². The summed E-state index contributed by atoms with van der Waals surface area (Å²) < 4.78 is 13.2. The van der Waals surface area contributed by atoms with Gasteiger partial charge >= 0.3 is 6.03 Å². The quantitative estimate of drug-likeness (QED) is 0.462. The van der Waals surface area contributed by atoms with Crippen molar-refractivity contribution in [2.45, 2.75) is 51.0 Å². The van der Waals surface area contributed by atoms with E-state index < -0.39 is 0 Å². The second-order valence-electron chi connectivity index (χ2n) is 10.00. The molecule has 0 unspecified atom stereocenters. The molecule has 2 fully saturated rings. The van der Waals surface area contributed by atoms with Gasteiger partial charge in [-0.3, -0.25) is 5.10 Å². The molecule has 2 amide bonds. The van der Waals surface area contributed by atoms with Crippen LogP contribution in [-0.4, -0.2) is 46.8 Å². The first-order valence-corrected chi connectivity index (χ1v) is 12.6. The Bertz CT molecular complexity index is 1090. The van der Waals surface area contributed by atoms with Gasteiger partial charge in [0.05, 0.1) is 11.7 Å². The van der Waals surface area contributed by atoms with E-state index in [0.717, 1.165) is 49.1 Å². The van der Waals surface area contributed by atoms with Crippen molar-refractivity contribution in [3.63, 3.8) is 0 Å². The number of H-pyrrole nitrogens is 1. The number of nitrogens with zero attached hydrogens (tertiary/aromatic N) is 2. The fourth-order valence-electron chi connectivity index (χ4n) is 5.63. The zero-order valence-corrected chi connectivity index (χ0v) is 19.6. The Morgan fingerprint density at radius 2 is 1.85 bits per heavy atom. The Morgan fingerprint density at radius 3 is 2.68 bits per heavy atom. The molecule has 1 saturated heterocycles. The lowest BCUT2D eigenvalue weighted by atomic mass is 9.83. The van der Waals surface area contributed by atoms with Crippen molar-refractivity contribution in [3.05, 3.63) is 60.0 Å². The minimum atomic E-state index is -0.165. The smallest absolute Gasteiger partial charge is 0.319 e. The molecule has 2 atom stereocenters. The number of carbonyl (C=O) groups excluding carboxylic acids is 1. The maximum Gasteiger partial charge on any atom is 0.319 e. The van der Waals surface area contributed by atoms with Gasteiger partial charge in [0.15, 0.2) is 0 Å². The highest BCUT2D eigenvalue weighted by Crippen LogP contribution is 2.28. The number of fused-ring (bicyclic) bond motifs is 1.